The zero-order valence-electron chi connectivity index (χ0n) is 26.3. The molecule has 10 heteroatoms. The number of hydrogen-bond acceptors (Lipinski definition) is 10. The number of benzene rings is 2. The Balaban J connectivity index is 1.43. The van der Waals surface area contributed by atoms with E-state index in [-0.39, 0.29) is 12.2 Å². The standard InChI is InChI=1S/C33H46N6O4/c1-23(2)41-27-11-9-26(10-12-27)33-30(21-38(5)17-15-34)43-31(37-33)19-24(3)42-28-13-7-25(8-14-28)32-29(40-22-36-32)20-39(6)18-16-35-4/h7-14,22-24,35H,15-21,34H2,1-6H3. The molecule has 0 radical (unpaired) electrons. The summed E-state index contributed by atoms with van der Waals surface area (Å²) in [6.07, 6.45) is 1.99. The van der Waals surface area contributed by atoms with Crippen molar-refractivity contribution in [2.24, 2.45) is 5.73 Å². The van der Waals surface area contributed by atoms with Gasteiger partial charge in [-0.3, -0.25) is 9.80 Å². The first-order valence-electron chi connectivity index (χ1n) is 14.9. The number of nitrogens with two attached hydrogens (primary N) is 1. The van der Waals surface area contributed by atoms with Gasteiger partial charge in [-0.15, -0.1) is 0 Å². The van der Waals surface area contributed by atoms with Crippen molar-refractivity contribution < 1.29 is 18.3 Å². The molecule has 0 aliphatic heterocycles. The molecule has 0 bridgehead atoms. The van der Waals surface area contributed by atoms with E-state index < -0.39 is 0 Å². The van der Waals surface area contributed by atoms with Crippen LogP contribution in [0, 0.1) is 0 Å². The van der Waals surface area contributed by atoms with Crippen LogP contribution in [-0.2, 0) is 19.5 Å². The molecule has 0 aliphatic rings. The fourth-order valence-corrected chi connectivity index (χ4v) is 4.78. The quantitative estimate of drug-likeness (QED) is 0.177. The molecule has 4 aromatic rings. The van der Waals surface area contributed by atoms with Crippen LogP contribution >= 0.6 is 0 Å². The minimum Gasteiger partial charge on any atom is -0.491 e. The van der Waals surface area contributed by atoms with Gasteiger partial charge in [0.1, 0.15) is 40.5 Å². The first kappa shape index (κ1) is 32.2. The number of likely N-dealkylation sites (N-methyl/N-ethyl adjacent to an activating group) is 3. The highest BCUT2D eigenvalue weighted by Gasteiger charge is 2.20. The van der Waals surface area contributed by atoms with Crippen LogP contribution in [0.1, 0.15) is 38.2 Å². The predicted octanol–water partition coefficient (Wildman–Crippen LogP) is 4.84. The minimum absolute atomic E-state index is 0.114. The maximum absolute atomic E-state index is 6.30. The van der Waals surface area contributed by atoms with E-state index in [4.69, 9.17) is 29.0 Å². The summed E-state index contributed by atoms with van der Waals surface area (Å²) in [5, 5.41) is 3.17. The predicted molar refractivity (Wildman–Crippen MR) is 169 cm³/mol. The Kier molecular flexibility index (Phi) is 11.7. The lowest BCUT2D eigenvalue weighted by molar-refractivity contribution is 0.208. The Hall–Kier alpha value is -3.70. The molecule has 0 fully saturated rings. The molecule has 0 saturated carbocycles. The van der Waals surface area contributed by atoms with Crippen molar-refractivity contribution in [1.29, 1.82) is 0 Å². The summed E-state index contributed by atoms with van der Waals surface area (Å²) in [5.74, 6) is 3.87. The van der Waals surface area contributed by atoms with Crippen molar-refractivity contribution in [3.63, 3.8) is 0 Å². The molecule has 0 spiro atoms. The zero-order chi connectivity index (χ0) is 30.8. The van der Waals surface area contributed by atoms with Crippen molar-refractivity contribution in [2.75, 3.05) is 47.3 Å². The van der Waals surface area contributed by atoms with E-state index in [1.54, 1.807) is 0 Å². The average Bonchev–Trinajstić information content (AvgIpc) is 3.59. The van der Waals surface area contributed by atoms with Gasteiger partial charge in [0.15, 0.2) is 12.3 Å². The molecule has 232 valence electrons. The Labute approximate surface area is 255 Å². The largest absolute Gasteiger partial charge is 0.491 e. The van der Waals surface area contributed by atoms with E-state index in [1.165, 1.54) is 6.39 Å². The van der Waals surface area contributed by atoms with Gasteiger partial charge in [0.25, 0.3) is 0 Å². The summed E-state index contributed by atoms with van der Waals surface area (Å²) in [5.41, 5.74) is 9.42. The highest BCUT2D eigenvalue weighted by Crippen LogP contribution is 2.29. The second kappa shape index (κ2) is 15.7. The second-order valence-electron chi connectivity index (χ2n) is 11.2. The molecular formula is C33H46N6O4. The topological polar surface area (TPSA) is 115 Å². The van der Waals surface area contributed by atoms with Crippen LogP contribution in [0.15, 0.2) is 63.8 Å². The number of hydrogen-bond donors (Lipinski definition) is 2. The normalized spacial score (nSPS) is 12.4. The van der Waals surface area contributed by atoms with Crippen LogP contribution in [0.5, 0.6) is 11.5 Å². The Bertz CT molecular complexity index is 1380. The maximum atomic E-state index is 6.30. The summed E-state index contributed by atoms with van der Waals surface area (Å²) < 4.78 is 24.1. The molecule has 0 saturated heterocycles. The smallest absolute Gasteiger partial charge is 0.198 e. The summed E-state index contributed by atoms with van der Waals surface area (Å²) in [4.78, 5) is 13.7. The molecule has 43 heavy (non-hydrogen) atoms. The van der Waals surface area contributed by atoms with Crippen LogP contribution in [0.2, 0.25) is 0 Å². The first-order valence-corrected chi connectivity index (χ1v) is 14.9. The fourth-order valence-electron chi connectivity index (χ4n) is 4.78. The van der Waals surface area contributed by atoms with E-state index in [0.29, 0.717) is 31.9 Å². The number of aromatic nitrogens is 2. The molecule has 2 heterocycles. The highest BCUT2D eigenvalue weighted by atomic mass is 16.5. The van der Waals surface area contributed by atoms with Gasteiger partial charge in [0.2, 0.25) is 0 Å². The lowest BCUT2D eigenvalue weighted by Gasteiger charge is -2.15. The number of ether oxygens (including phenoxy) is 2. The van der Waals surface area contributed by atoms with Crippen molar-refractivity contribution in [2.45, 2.75) is 52.5 Å². The number of nitrogens with zero attached hydrogens (tertiary/aromatic N) is 4. The summed E-state index contributed by atoms with van der Waals surface area (Å²) in [6, 6.07) is 15.9. The van der Waals surface area contributed by atoms with Gasteiger partial charge in [-0.1, -0.05) is 0 Å². The lowest BCUT2D eigenvalue weighted by atomic mass is 10.1. The van der Waals surface area contributed by atoms with Crippen molar-refractivity contribution in [3.8, 4) is 34.0 Å². The average molecular weight is 591 g/mol. The Morgan fingerprint density at radius 1 is 0.837 bits per heavy atom. The highest BCUT2D eigenvalue weighted by molar-refractivity contribution is 5.63. The van der Waals surface area contributed by atoms with E-state index in [9.17, 15) is 0 Å². The third-order valence-corrected chi connectivity index (χ3v) is 6.89. The Morgan fingerprint density at radius 2 is 1.44 bits per heavy atom. The summed E-state index contributed by atoms with van der Waals surface area (Å²) in [7, 11) is 6.04. The molecule has 4 rings (SSSR count). The first-order chi connectivity index (χ1) is 20.7. The van der Waals surface area contributed by atoms with Crippen LogP contribution in [-0.4, -0.2) is 79.3 Å². The van der Waals surface area contributed by atoms with Crippen LogP contribution in [0.25, 0.3) is 22.5 Å². The van der Waals surface area contributed by atoms with Gasteiger partial charge in [0.05, 0.1) is 25.6 Å². The monoisotopic (exact) mass is 590 g/mol. The van der Waals surface area contributed by atoms with Gasteiger partial charge >= 0.3 is 0 Å². The van der Waals surface area contributed by atoms with Crippen LogP contribution in [0.3, 0.4) is 0 Å². The van der Waals surface area contributed by atoms with E-state index in [1.807, 2.05) is 83.4 Å². The van der Waals surface area contributed by atoms with Gasteiger partial charge in [-0.05, 0) is 90.4 Å². The molecule has 2 aromatic heterocycles. The SMILES string of the molecule is CNCCN(C)Cc1ocnc1-c1ccc(OC(C)Cc2nc(-c3ccc(OC(C)C)cc3)c(CN(C)CCN)o2)cc1. The molecule has 1 unspecified atom stereocenters. The second-order valence-corrected chi connectivity index (χ2v) is 11.2. The molecule has 1 atom stereocenters. The van der Waals surface area contributed by atoms with Crippen LogP contribution in [0.4, 0.5) is 0 Å². The maximum Gasteiger partial charge on any atom is 0.198 e. The molecular weight excluding hydrogens is 544 g/mol. The molecule has 0 aliphatic carbocycles. The summed E-state index contributed by atoms with van der Waals surface area (Å²) >= 11 is 0. The van der Waals surface area contributed by atoms with Gasteiger partial charge in [-0.2, -0.15) is 0 Å². The third-order valence-electron chi connectivity index (χ3n) is 6.89. The van der Waals surface area contributed by atoms with E-state index in [2.05, 4.69) is 27.1 Å². The van der Waals surface area contributed by atoms with Gasteiger partial charge in [-0.25, -0.2) is 9.97 Å². The molecule has 10 nitrogen and oxygen atoms in total. The molecule has 3 N–H and O–H groups in total. The molecule has 0 amide bonds. The Morgan fingerprint density at radius 3 is 2.07 bits per heavy atom. The molecule has 2 aromatic carbocycles. The van der Waals surface area contributed by atoms with Crippen LogP contribution < -0.4 is 20.5 Å². The van der Waals surface area contributed by atoms with Crippen molar-refractivity contribution >= 4 is 0 Å². The van der Waals surface area contributed by atoms with Crippen molar-refractivity contribution in [1.82, 2.24) is 25.1 Å². The van der Waals surface area contributed by atoms with E-state index >= 15 is 0 Å². The van der Waals surface area contributed by atoms with Crippen molar-refractivity contribution in [3.05, 3.63) is 72.3 Å². The summed E-state index contributed by atoms with van der Waals surface area (Å²) in [6.45, 7) is 10.5. The van der Waals surface area contributed by atoms with Gasteiger partial charge < -0.3 is 29.4 Å². The lowest BCUT2D eigenvalue weighted by Crippen LogP contribution is -2.26. The fraction of sp³-hybridized carbons (Fsp3) is 0.455. The van der Waals surface area contributed by atoms with Gasteiger partial charge in [0, 0.05) is 37.3 Å². The number of nitrogens with one attached hydrogen (secondary N) is 1. The van der Waals surface area contributed by atoms with E-state index in [0.717, 1.165) is 65.2 Å². The minimum atomic E-state index is -0.155. The number of oxazole rings is 2. The number of rotatable bonds is 17. The zero-order valence-corrected chi connectivity index (χ0v) is 26.3. The third kappa shape index (κ3) is 9.39.